The molecular formula is C29H29N3O4. The first kappa shape index (κ1) is 24.7. The zero-order valence-electron chi connectivity index (χ0n) is 20.5. The van der Waals surface area contributed by atoms with Crippen LogP contribution in [0, 0.1) is 0 Å². The number of nitrogens with one attached hydrogen (secondary N) is 1. The first-order valence-corrected chi connectivity index (χ1v) is 11.7. The largest absolute Gasteiger partial charge is 0.489 e. The molecule has 4 rings (SSSR count). The third-order valence-corrected chi connectivity index (χ3v) is 5.32. The molecule has 184 valence electrons. The molecule has 2 heterocycles. The molecule has 0 bridgehead atoms. The lowest BCUT2D eigenvalue weighted by Gasteiger charge is -2.33. The predicted molar refractivity (Wildman–Crippen MR) is 138 cm³/mol. The van der Waals surface area contributed by atoms with Crippen molar-refractivity contribution < 1.29 is 18.7 Å². The monoisotopic (exact) mass is 483 g/mol. The van der Waals surface area contributed by atoms with Gasteiger partial charge in [0.15, 0.2) is 5.76 Å². The Hall–Kier alpha value is -4.39. The topological polar surface area (TPSA) is 84.7 Å². The van der Waals surface area contributed by atoms with Crippen LogP contribution in [0.1, 0.15) is 48.5 Å². The van der Waals surface area contributed by atoms with Gasteiger partial charge in [-0.15, -0.1) is 0 Å². The quantitative estimate of drug-likeness (QED) is 0.355. The highest BCUT2D eigenvalue weighted by Crippen LogP contribution is 2.31. The number of furan rings is 1. The van der Waals surface area contributed by atoms with E-state index in [0.29, 0.717) is 23.6 Å². The molecular weight excluding hydrogens is 454 g/mol. The van der Waals surface area contributed by atoms with Gasteiger partial charge in [-0.1, -0.05) is 36.4 Å². The van der Waals surface area contributed by atoms with Gasteiger partial charge >= 0.3 is 0 Å². The molecule has 2 amide bonds. The number of hydrogen-bond acceptors (Lipinski definition) is 5. The highest BCUT2D eigenvalue weighted by atomic mass is 16.5. The minimum absolute atomic E-state index is 0.122. The summed E-state index contributed by atoms with van der Waals surface area (Å²) in [6.07, 6.45) is 4.65. The van der Waals surface area contributed by atoms with Crippen LogP contribution in [0.2, 0.25) is 0 Å². The SMILES string of the molecule is CC(C)(C)NC(=O)C(c1cccnc1)N(C(=O)c1ccco1)c1ccc(OCc2ccccc2)cc1. The fourth-order valence-corrected chi connectivity index (χ4v) is 3.74. The second-order valence-electron chi connectivity index (χ2n) is 9.35. The second kappa shape index (κ2) is 10.9. The number of anilines is 1. The molecule has 2 aromatic carbocycles. The summed E-state index contributed by atoms with van der Waals surface area (Å²) in [6.45, 7) is 6.09. The van der Waals surface area contributed by atoms with Crippen LogP contribution >= 0.6 is 0 Å². The number of carbonyl (C=O) groups excluding carboxylic acids is 2. The third-order valence-electron chi connectivity index (χ3n) is 5.32. The Bertz CT molecular complexity index is 1270. The number of pyridine rings is 1. The molecule has 7 nitrogen and oxygen atoms in total. The lowest BCUT2D eigenvalue weighted by molar-refractivity contribution is -0.123. The van der Waals surface area contributed by atoms with Crippen LogP contribution in [0.3, 0.4) is 0 Å². The van der Waals surface area contributed by atoms with Crippen LogP contribution < -0.4 is 15.0 Å². The summed E-state index contributed by atoms with van der Waals surface area (Å²) in [7, 11) is 0. The van der Waals surface area contributed by atoms with Gasteiger partial charge in [0, 0.05) is 29.2 Å². The molecule has 0 saturated carbocycles. The molecule has 36 heavy (non-hydrogen) atoms. The van der Waals surface area contributed by atoms with Gasteiger partial charge in [0.1, 0.15) is 18.4 Å². The van der Waals surface area contributed by atoms with Gasteiger partial charge in [-0.05, 0) is 68.8 Å². The van der Waals surface area contributed by atoms with Crippen molar-refractivity contribution in [1.29, 1.82) is 0 Å². The van der Waals surface area contributed by atoms with Crippen molar-refractivity contribution in [3.63, 3.8) is 0 Å². The fourth-order valence-electron chi connectivity index (χ4n) is 3.74. The number of aromatic nitrogens is 1. The molecule has 1 N–H and O–H groups in total. The van der Waals surface area contributed by atoms with Crippen LogP contribution in [0.15, 0.2) is 102 Å². The number of carbonyl (C=O) groups is 2. The lowest BCUT2D eigenvalue weighted by Crippen LogP contribution is -2.49. The highest BCUT2D eigenvalue weighted by Gasteiger charge is 2.36. The predicted octanol–water partition coefficient (Wildman–Crippen LogP) is 5.56. The van der Waals surface area contributed by atoms with Crippen molar-refractivity contribution in [3.05, 3.63) is 114 Å². The van der Waals surface area contributed by atoms with E-state index in [9.17, 15) is 9.59 Å². The Kier molecular flexibility index (Phi) is 7.49. The number of benzene rings is 2. The normalized spacial score (nSPS) is 12.0. The third kappa shape index (κ3) is 6.18. The molecule has 0 spiro atoms. The first-order chi connectivity index (χ1) is 17.3. The summed E-state index contributed by atoms with van der Waals surface area (Å²) in [5, 5.41) is 3.00. The fraction of sp³-hybridized carbons (Fsp3) is 0.207. The first-order valence-electron chi connectivity index (χ1n) is 11.7. The Morgan fingerprint density at radius 2 is 1.72 bits per heavy atom. The molecule has 0 radical (unpaired) electrons. The van der Waals surface area contributed by atoms with Crippen molar-refractivity contribution >= 4 is 17.5 Å². The van der Waals surface area contributed by atoms with Crippen LogP contribution in [0.4, 0.5) is 5.69 Å². The maximum absolute atomic E-state index is 13.7. The van der Waals surface area contributed by atoms with Gasteiger partial charge in [0.25, 0.3) is 5.91 Å². The van der Waals surface area contributed by atoms with E-state index in [-0.39, 0.29) is 11.7 Å². The molecule has 2 aromatic heterocycles. The van der Waals surface area contributed by atoms with E-state index in [4.69, 9.17) is 9.15 Å². The van der Waals surface area contributed by atoms with E-state index < -0.39 is 17.5 Å². The van der Waals surface area contributed by atoms with Gasteiger partial charge in [0.2, 0.25) is 5.91 Å². The van der Waals surface area contributed by atoms with Gasteiger partial charge in [-0.25, -0.2) is 0 Å². The van der Waals surface area contributed by atoms with E-state index in [1.165, 1.54) is 11.2 Å². The van der Waals surface area contributed by atoms with Crippen molar-refractivity contribution in [3.8, 4) is 5.75 Å². The van der Waals surface area contributed by atoms with Gasteiger partial charge in [0.05, 0.1) is 6.26 Å². The summed E-state index contributed by atoms with van der Waals surface area (Å²) in [4.78, 5) is 32.9. The summed E-state index contributed by atoms with van der Waals surface area (Å²) in [5.74, 6) is -0.0161. The average Bonchev–Trinajstić information content (AvgIpc) is 3.41. The van der Waals surface area contributed by atoms with Gasteiger partial charge in [-0.3, -0.25) is 19.5 Å². The van der Waals surface area contributed by atoms with Crippen LogP contribution in [-0.2, 0) is 11.4 Å². The average molecular weight is 484 g/mol. The summed E-state index contributed by atoms with van der Waals surface area (Å²) in [6, 6.07) is 22.7. The van der Waals surface area contributed by atoms with Crippen LogP contribution in [0.5, 0.6) is 5.75 Å². The Morgan fingerprint density at radius 1 is 0.972 bits per heavy atom. The Labute approximate surface area is 210 Å². The van der Waals surface area contributed by atoms with E-state index in [1.54, 1.807) is 60.9 Å². The summed E-state index contributed by atoms with van der Waals surface area (Å²) in [5.41, 5.74) is 1.63. The number of nitrogens with zero attached hydrogens (tertiary/aromatic N) is 2. The summed E-state index contributed by atoms with van der Waals surface area (Å²) < 4.78 is 11.3. The number of hydrogen-bond donors (Lipinski definition) is 1. The Balaban J connectivity index is 1.70. The van der Waals surface area contributed by atoms with Crippen LogP contribution in [0.25, 0.3) is 0 Å². The molecule has 4 aromatic rings. The number of rotatable bonds is 8. The van der Waals surface area contributed by atoms with Gasteiger partial charge in [-0.2, -0.15) is 0 Å². The highest BCUT2D eigenvalue weighted by molar-refractivity contribution is 6.08. The molecule has 1 unspecified atom stereocenters. The second-order valence-corrected chi connectivity index (χ2v) is 9.35. The molecule has 1 atom stereocenters. The molecule has 0 aliphatic rings. The van der Waals surface area contributed by atoms with Crippen molar-refractivity contribution in [2.24, 2.45) is 0 Å². The minimum atomic E-state index is -0.980. The van der Waals surface area contributed by atoms with Crippen LogP contribution in [-0.4, -0.2) is 22.3 Å². The molecule has 0 aliphatic heterocycles. The molecule has 7 heteroatoms. The van der Waals surface area contributed by atoms with E-state index in [0.717, 1.165) is 5.56 Å². The molecule has 0 fully saturated rings. The molecule has 0 aliphatic carbocycles. The van der Waals surface area contributed by atoms with E-state index >= 15 is 0 Å². The zero-order valence-corrected chi connectivity index (χ0v) is 20.5. The zero-order chi connectivity index (χ0) is 25.5. The number of amides is 2. The maximum Gasteiger partial charge on any atom is 0.294 e. The smallest absolute Gasteiger partial charge is 0.294 e. The minimum Gasteiger partial charge on any atom is -0.489 e. The number of ether oxygens (including phenoxy) is 1. The Morgan fingerprint density at radius 3 is 2.33 bits per heavy atom. The van der Waals surface area contributed by atoms with E-state index in [2.05, 4.69) is 10.3 Å². The summed E-state index contributed by atoms with van der Waals surface area (Å²) >= 11 is 0. The standard InChI is InChI=1S/C29H29N3O4/c1-29(2,3)31-27(33)26(22-11-7-17-30-19-22)32(28(34)25-12-8-18-35-25)23-13-15-24(16-14-23)36-20-21-9-5-4-6-10-21/h4-19,26H,20H2,1-3H3,(H,31,33). The van der Waals surface area contributed by atoms with Crippen molar-refractivity contribution in [2.45, 2.75) is 39.0 Å². The van der Waals surface area contributed by atoms with Crippen molar-refractivity contribution in [1.82, 2.24) is 10.3 Å². The molecule has 0 saturated heterocycles. The van der Waals surface area contributed by atoms with Gasteiger partial charge < -0.3 is 14.5 Å². The van der Waals surface area contributed by atoms with Crippen molar-refractivity contribution in [2.75, 3.05) is 4.90 Å². The maximum atomic E-state index is 13.7. The lowest BCUT2D eigenvalue weighted by atomic mass is 10.0. The van der Waals surface area contributed by atoms with E-state index in [1.807, 2.05) is 51.1 Å².